The molecular formula is C13H28N2. The molecule has 90 valence electrons. The van der Waals surface area contributed by atoms with E-state index in [-0.39, 0.29) is 0 Å². The molecule has 0 heterocycles. The van der Waals surface area contributed by atoms with Crippen LogP contribution in [0.5, 0.6) is 0 Å². The van der Waals surface area contributed by atoms with Crippen LogP contribution in [0.2, 0.25) is 0 Å². The van der Waals surface area contributed by atoms with Crippen molar-refractivity contribution in [2.75, 3.05) is 20.1 Å². The third-order valence-electron chi connectivity index (χ3n) is 4.08. The molecule has 1 saturated carbocycles. The Hall–Kier alpha value is -0.0800. The fraction of sp³-hybridized carbons (Fsp3) is 1.00. The Morgan fingerprint density at radius 1 is 1.40 bits per heavy atom. The molecular weight excluding hydrogens is 184 g/mol. The largest absolute Gasteiger partial charge is 0.312 e. The molecule has 0 aromatic carbocycles. The van der Waals surface area contributed by atoms with E-state index in [1.54, 1.807) is 0 Å². The summed E-state index contributed by atoms with van der Waals surface area (Å²) in [6, 6.07) is 1.50. The number of nitrogens with one attached hydrogen (secondary N) is 1. The molecule has 15 heavy (non-hydrogen) atoms. The summed E-state index contributed by atoms with van der Waals surface area (Å²) in [7, 11) is 2.23. The summed E-state index contributed by atoms with van der Waals surface area (Å²) in [5, 5.41) is 3.70. The predicted molar refractivity (Wildman–Crippen MR) is 67.2 cm³/mol. The Labute approximate surface area is 95.4 Å². The van der Waals surface area contributed by atoms with Gasteiger partial charge in [0.15, 0.2) is 0 Å². The van der Waals surface area contributed by atoms with E-state index in [9.17, 15) is 0 Å². The van der Waals surface area contributed by atoms with Crippen molar-refractivity contribution in [3.8, 4) is 0 Å². The van der Waals surface area contributed by atoms with Crippen molar-refractivity contribution in [2.45, 2.75) is 58.5 Å². The predicted octanol–water partition coefficient (Wildman–Crippen LogP) is 2.49. The molecule has 3 atom stereocenters. The molecule has 1 aliphatic rings. The molecule has 0 bridgehead atoms. The van der Waals surface area contributed by atoms with E-state index in [1.165, 1.54) is 32.2 Å². The summed E-state index contributed by atoms with van der Waals surface area (Å²) >= 11 is 0. The van der Waals surface area contributed by atoms with Crippen molar-refractivity contribution >= 4 is 0 Å². The van der Waals surface area contributed by atoms with Crippen molar-refractivity contribution < 1.29 is 0 Å². The molecule has 0 spiro atoms. The highest BCUT2D eigenvalue weighted by molar-refractivity contribution is 4.80. The van der Waals surface area contributed by atoms with E-state index in [1.807, 2.05) is 0 Å². The van der Waals surface area contributed by atoms with E-state index in [4.69, 9.17) is 0 Å². The van der Waals surface area contributed by atoms with Crippen LogP contribution in [0.1, 0.15) is 46.5 Å². The molecule has 2 heteroatoms. The fourth-order valence-corrected chi connectivity index (χ4v) is 2.41. The molecule has 0 aromatic heterocycles. The first kappa shape index (κ1) is 13.0. The van der Waals surface area contributed by atoms with Crippen LogP contribution in [0.15, 0.2) is 0 Å². The second kappa shape index (κ2) is 6.49. The number of hydrogen-bond donors (Lipinski definition) is 1. The van der Waals surface area contributed by atoms with Gasteiger partial charge in [-0.2, -0.15) is 0 Å². The average Bonchev–Trinajstić information content (AvgIpc) is 2.63. The van der Waals surface area contributed by atoms with E-state index in [0.717, 1.165) is 18.5 Å². The highest BCUT2D eigenvalue weighted by Crippen LogP contribution is 2.24. The topological polar surface area (TPSA) is 15.3 Å². The second-order valence-corrected chi connectivity index (χ2v) is 5.21. The summed E-state index contributed by atoms with van der Waals surface area (Å²) in [5.74, 6) is 0.888. The summed E-state index contributed by atoms with van der Waals surface area (Å²) in [6.45, 7) is 9.27. The summed E-state index contributed by atoms with van der Waals surface area (Å²) in [5.41, 5.74) is 0. The van der Waals surface area contributed by atoms with Gasteiger partial charge in [0.2, 0.25) is 0 Å². The Morgan fingerprint density at radius 3 is 2.67 bits per heavy atom. The Morgan fingerprint density at radius 2 is 2.13 bits per heavy atom. The molecule has 0 amide bonds. The molecule has 1 N–H and O–H groups in total. The van der Waals surface area contributed by atoms with Gasteiger partial charge in [-0.3, -0.25) is 0 Å². The number of rotatable bonds is 6. The highest BCUT2D eigenvalue weighted by Gasteiger charge is 2.22. The molecule has 0 radical (unpaired) electrons. The van der Waals surface area contributed by atoms with Gasteiger partial charge in [-0.25, -0.2) is 0 Å². The van der Waals surface area contributed by atoms with E-state index in [0.29, 0.717) is 6.04 Å². The first-order chi connectivity index (χ1) is 7.15. The van der Waals surface area contributed by atoms with Crippen LogP contribution >= 0.6 is 0 Å². The molecule has 0 aliphatic heterocycles. The lowest BCUT2D eigenvalue weighted by molar-refractivity contribution is 0.245. The normalized spacial score (nSPS) is 28.6. The minimum absolute atomic E-state index is 0.716. The van der Waals surface area contributed by atoms with E-state index >= 15 is 0 Å². The van der Waals surface area contributed by atoms with Crippen LogP contribution in [0, 0.1) is 5.92 Å². The van der Waals surface area contributed by atoms with Gasteiger partial charge in [-0.15, -0.1) is 0 Å². The zero-order valence-corrected chi connectivity index (χ0v) is 10.9. The van der Waals surface area contributed by atoms with Gasteiger partial charge in [0.1, 0.15) is 0 Å². The smallest absolute Gasteiger partial charge is 0.0107 e. The van der Waals surface area contributed by atoms with Crippen molar-refractivity contribution in [3.05, 3.63) is 0 Å². The van der Waals surface area contributed by atoms with Gasteiger partial charge in [0, 0.05) is 25.2 Å². The van der Waals surface area contributed by atoms with Gasteiger partial charge in [0.25, 0.3) is 0 Å². The monoisotopic (exact) mass is 212 g/mol. The highest BCUT2D eigenvalue weighted by atomic mass is 15.1. The van der Waals surface area contributed by atoms with Gasteiger partial charge in [-0.05, 0) is 39.2 Å². The standard InChI is InChI=1S/C13H28N2/c1-5-12(3)15(4)10-9-14-13-8-6-7-11(13)2/h11-14H,5-10H2,1-4H3. The second-order valence-electron chi connectivity index (χ2n) is 5.21. The molecule has 3 unspecified atom stereocenters. The van der Waals surface area contributed by atoms with Gasteiger partial charge < -0.3 is 10.2 Å². The van der Waals surface area contributed by atoms with E-state index in [2.05, 4.69) is 38.0 Å². The Balaban J connectivity index is 2.10. The molecule has 1 aliphatic carbocycles. The number of hydrogen-bond acceptors (Lipinski definition) is 2. The third kappa shape index (κ3) is 4.12. The molecule has 0 saturated heterocycles. The van der Waals surface area contributed by atoms with Crippen LogP contribution in [-0.4, -0.2) is 37.1 Å². The summed E-state index contributed by atoms with van der Waals surface area (Å²) in [4.78, 5) is 2.45. The molecule has 0 aromatic rings. The molecule has 2 nitrogen and oxygen atoms in total. The maximum atomic E-state index is 3.70. The third-order valence-corrected chi connectivity index (χ3v) is 4.08. The fourth-order valence-electron chi connectivity index (χ4n) is 2.41. The molecule has 1 rings (SSSR count). The minimum Gasteiger partial charge on any atom is -0.312 e. The van der Waals surface area contributed by atoms with E-state index < -0.39 is 0 Å². The zero-order valence-electron chi connectivity index (χ0n) is 10.9. The average molecular weight is 212 g/mol. The van der Waals surface area contributed by atoms with Crippen LogP contribution < -0.4 is 5.32 Å². The van der Waals surface area contributed by atoms with Crippen LogP contribution in [0.25, 0.3) is 0 Å². The van der Waals surface area contributed by atoms with Crippen LogP contribution in [0.4, 0.5) is 0 Å². The summed E-state index contributed by atoms with van der Waals surface area (Å²) in [6.07, 6.45) is 5.46. The number of nitrogens with zero attached hydrogens (tertiary/aromatic N) is 1. The van der Waals surface area contributed by atoms with Crippen molar-refractivity contribution in [1.29, 1.82) is 0 Å². The SMILES string of the molecule is CCC(C)N(C)CCNC1CCCC1C. The lowest BCUT2D eigenvalue weighted by Gasteiger charge is -2.25. The zero-order chi connectivity index (χ0) is 11.3. The first-order valence-corrected chi connectivity index (χ1v) is 6.58. The lowest BCUT2D eigenvalue weighted by Crippen LogP contribution is -2.39. The maximum Gasteiger partial charge on any atom is 0.0107 e. The molecule has 1 fully saturated rings. The van der Waals surface area contributed by atoms with Gasteiger partial charge in [0.05, 0.1) is 0 Å². The van der Waals surface area contributed by atoms with Gasteiger partial charge in [-0.1, -0.05) is 20.3 Å². The van der Waals surface area contributed by atoms with Crippen LogP contribution in [0.3, 0.4) is 0 Å². The quantitative estimate of drug-likeness (QED) is 0.728. The lowest BCUT2D eigenvalue weighted by atomic mass is 10.1. The summed E-state index contributed by atoms with van der Waals surface area (Å²) < 4.78 is 0. The maximum absolute atomic E-state index is 3.70. The minimum atomic E-state index is 0.716. The van der Waals surface area contributed by atoms with Crippen molar-refractivity contribution in [3.63, 3.8) is 0 Å². The Bertz CT molecular complexity index is 170. The van der Waals surface area contributed by atoms with Crippen molar-refractivity contribution in [1.82, 2.24) is 10.2 Å². The Kier molecular flexibility index (Phi) is 5.62. The van der Waals surface area contributed by atoms with Crippen molar-refractivity contribution in [2.24, 2.45) is 5.92 Å². The van der Waals surface area contributed by atoms with Crippen LogP contribution in [-0.2, 0) is 0 Å². The first-order valence-electron chi connectivity index (χ1n) is 6.58. The van der Waals surface area contributed by atoms with Gasteiger partial charge >= 0.3 is 0 Å². The number of likely N-dealkylation sites (N-methyl/N-ethyl adjacent to an activating group) is 1.